The molecule has 1 aromatic carbocycles. The Hall–Kier alpha value is -1.71. The molecule has 82 valence electrons. The third-order valence-corrected chi connectivity index (χ3v) is 2.02. The summed E-state index contributed by atoms with van der Waals surface area (Å²) in [5.41, 5.74) is 11.6. The standard InChI is InChI=1S/C11H16N2O2/c1-2-3-6-15-10-5-4-8(12)7-9(10)11(13)14/h4-5,7H,2-3,6,12H2,1H3,(H2,13,14). The van der Waals surface area contributed by atoms with E-state index < -0.39 is 5.91 Å². The maximum absolute atomic E-state index is 11.1. The molecule has 0 spiro atoms. The van der Waals surface area contributed by atoms with Crippen LogP contribution in [0, 0.1) is 0 Å². The largest absolute Gasteiger partial charge is 0.493 e. The van der Waals surface area contributed by atoms with Crippen LogP contribution >= 0.6 is 0 Å². The highest BCUT2D eigenvalue weighted by Gasteiger charge is 2.09. The lowest BCUT2D eigenvalue weighted by atomic mass is 10.1. The van der Waals surface area contributed by atoms with E-state index in [9.17, 15) is 4.79 Å². The van der Waals surface area contributed by atoms with Gasteiger partial charge in [0.15, 0.2) is 0 Å². The molecule has 0 bridgehead atoms. The van der Waals surface area contributed by atoms with E-state index in [1.54, 1.807) is 12.1 Å². The smallest absolute Gasteiger partial charge is 0.252 e. The summed E-state index contributed by atoms with van der Waals surface area (Å²) >= 11 is 0. The molecule has 0 aliphatic rings. The molecule has 15 heavy (non-hydrogen) atoms. The minimum atomic E-state index is -0.520. The third kappa shape index (κ3) is 3.16. The average Bonchev–Trinajstić information content (AvgIpc) is 2.20. The summed E-state index contributed by atoms with van der Waals surface area (Å²) in [5, 5.41) is 0. The van der Waals surface area contributed by atoms with E-state index in [1.807, 2.05) is 0 Å². The summed E-state index contributed by atoms with van der Waals surface area (Å²) in [5.74, 6) is -0.0149. The van der Waals surface area contributed by atoms with Gasteiger partial charge in [0.25, 0.3) is 5.91 Å². The number of unbranched alkanes of at least 4 members (excludes halogenated alkanes) is 1. The maximum Gasteiger partial charge on any atom is 0.252 e. The quantitative estimate of drug-likeness (QED) is 0.569. The summed E-state index contributed by atoms with van der Waals surface area (Å²) in [4.78, 5) is 11.1. The van der Waals surface area contributed by atoms with Gasteiger partial charge >= 0.3 is 0 Å². The Bertz CT molecular complexity index is 350. The van der Waals surface area contributed by atoms with Crippen molar-refractivity contribution >= 4 is 11.6 Å². The predicted octanol–water partition coefficient (Wildman–Crippen LogP) is 1.55. The number of amides is 1. The number of nitrogen functional groups attached to an aromatic ring is 1. The molecule has 0 aliphatic heterocycles. The van der Waals surface area contributed by atoms with E-state index in [1.165, 1.54) is 6.07 Å². The molecular formula is C11H16N2O2. The van der Waals surface area contributed by atoms with Crippen molar-refractivity contribution < 1.29 is 9.53 Å². The van der Waals surface area contributed by atoms with Gasteiger partial charge in [0.1, 0.15) is 5.75 Å². The Kier molecular flexibility index (Phi) is 3.97. The molecule has 0 aromatic heterocycles. The van der Waals surface area contributed by atoms with Crippen molar-refractivity contribution in [2.75, 3.05) is 12.3 Å². The Morgan fingerprint density at radius 1 is 1.47 bits per heavy atom. The second-order valence-electron chi connectivity index (χ2n) is 3.32. The molecule has 0 aliphatic carbocycles. The first-order valence-corrected chi connectivity index (χ1v) is 4.97. The topological polar surface area (TPSA) is 78.3 Å². The molecule has 0 fully saturated rings. The molecule has 0 unspecified atom stereocenters. The first-order valence-electron chi connectivity index (χ1n) is 4.97. The van der Waals surface area contributed by atoms with E-state index in [0.29, 0.717) is 23.6 Å². The van der Waals surface area contributed by atoms with Crippen molar-refractivity contribution in [2.24, 2.45) is 5.73 Å². The number of benzene rings is 1. The van der Waals surface area contributed by atoms with E-state index in [-0.39, 0.29) is 0 Å². The second-order valence-corrected chi connectivity index (χ2v) is 3.32. The van der Waals surface area contributed by atoms with Crippen LogP contribution in [0.4, 0.5) is 5.69 Å². The monoisotopic (exact) mass is 208 g/mol. The first-order chi connectivity index (χ1) is 7.15. The highest BCUT2D eigenvalue weighted by molar-refractivity contribution is 5.96. The van der Waals surface area contributed by atoms with Crippen LogP contribution in [0.2, 0.25) is 0 Å². The molecular weight excluding hydrogens is 192 g/mol. The Morgan fingerprint density at radius 3 is 2.80 bits per heavy atom. The molecule has 0 atom stereocenters. The van der Waals surface area contributed by atoms with E-state index >= 15 is 0 Å². The number of ether oxygens (including phenoxy) is 1. The lowest BCUT2D eigenvalue weighted by molar-refractivity contribution is 0.0996. The zero-order valence-corrected chi connectivity index (χ0v) is 8.82. The number of carbonyl (C=O) groups excluding carboxylic acids is 1. The fourth-order valence-electron chi connectivity index (χ4n) is 1.19. The molecule has 0 heterocycles. The van der Waals surface area contributed by atoms with Gasteiger partial charge in [-0.3, -0.25) is 4.79 Å². The minimum Gasteiger partial charge on any atom is -0.493 e. The molecule has 1 amide bonds. The molecule has 1 aromatic rings. The zero-order chi connectivity index (χ0) is 11.3. The van der Waals surface area contributed by atoms with Crippen LogP contribution in [0.15, 0.2) is 18.2 Å². The molecule has 4 N–H and O–H groups in total. The van der Waals surface area contributed by atoms with Gasteiger partial charge in [-0.15, -0.1) is 0 Å². The Labute approximate surface area is 89.2 Å². The van der Waals surface area contributed by atoms with Crippen molar-refractivity contribution in [1.82, 2.24) is 0 Å². The predicted molar refractivity (Wildman–Crippen MR) is 59.8 cm³/mol. The van der Waals surface area contributed by atoms with Gasteiger partial charge in [0.05, 0.1) is 12.2 Å². The number of nitrogens with two attached hydrogens (primary N) is 2. The summed E-state index contributed by atoms with van der Waals surface area (Å²) in [6, 6.07) is 4.89. The van der Waals surface area contributed by atoms with Crippen molar-refractivity contribution in [1.29, 1.82) is 0 Å². The van der Waals surface area contributed by atoms with Crippen LogP contribution in [0.3, 0.4) is 0 Å². The molecule has 0 saturated carbocycles. The Morgan fingerprint density at radius 2 is 2.20 bits per heavy atom. The van der Waals surface area contributed by atoms with E-state index in [0.717, 1.165) is 12.8 Å². The third-order valence-electron chi connectivity index (χ3n) is 2.02. The van der Waals surface area contributed by atoms with Gasteiger partial charge in [-0.1, -0.05) is 13.3 Å². The highest BCUT2D eigenvalue weighted by Crippen LogP contribution is 2.21. The van der Waals surface area contributed by atoms with Crippen LogP contribution in [0.5, 0.6) is 5.75 Å². The normalized spacial score (nSPS) is 9.93. The van der Waals surface area contributed by atoms with Gasteiger partial charge in [-0.05, 0) is 24.6 Å². The molecule has 0 saturated heterocycles. The lowest BCUT2D eigenvalue weighted by Gasteiger charge is -2.09. The van der Waals surface area contributed by atoms with E-state index in [4.69, 9.17) is 16.2 Å². The van der Waals surface area contributed by atoms with Gasteiger partial charge in [-0.25, -0.2) is 0 Å². The van der Waals surface area contributed by atoms with Crippen molar-refractivity contribution in [2.45, 2.75) is 19.8 Å². The fraction of sp³-hybridized carbons (Fsp3) is 0.364. The van der Waals surface area contributed by atoms with Crippen LogP contribution in [-0.4, -0.2) is 12.5 Å². The van der Waals surface area contributed by atoms with Gasteiger partial charge in [0, 0.05) is 5.69 Å². The fourth-order valence-corrected chi connectivity index (χ4v) is 1.19. The zero-order valence-electron chi connectivity index (χ0n) is 8.82. The maximum atomic E-state index is 11.1. The van der Waals surface area contributed by atoms with Crippen LogP contribution in [0.1, 0.15) is 30.1 Å². The number of primary amides is 1. The number of anilines is 1. The average molecular weight is 208 g/mol. The summed E-state index contributed by atoms with van der Waals surface area (Å²) in [6.45, 7) is 2.65. The van der Waals surface area contributed by atoms with Crippen LogP contribution < -0.4 is 16.2 Å². The number of carbonyl (C=O) groups is 1. The molecule has 1 rings (SSSR count). The summed E-state index contributed by atoms with van der Waals surface area (Å²) in [7, 11) is 0. The van der Waals surface area contributed by atoms with Gasteiger partial charge < -0.3 is 16.2 Å². The van der Waals surface area contributed by atoms with E-state index in [2.05, 4.69) is 6.92 Å². The van der Waals surface area contributed by atoms with Crippen LogP contribution in [-0.2, 0) is 0 Å². The highest BCUT2D eigenvalue weighted by atomic mass is 16.5. The molecule has 4 heteroatoms. The summed E-state index contributed by atoms with van der Waals surface area (Å²) < 4.78 is 5.44. The number of hydrogen-bond donors (Lipinski definition) is 2. The van der Waals surface area contributed by atoms with Gasteiger partial charge in [-0.2, -0.15) is 0 Å². The SMILES string of the molecule is CCCCOc1ccc(N)cc1C(N)=O. The van der Waals surface area contributed by atoms with Gasteiger partial charge in [0.2, 0.25) is 0 Å². The van der Waals surface area contributed by atoms with Crippen molar-refractivity contribution in [3.05, 3.63) is 23.8 Å². The number of hydrogen-bond acceptors (Lipinski definition) is 3. The summed E-state index contributed by atoms with van der Waals surface area (Å²) in [6.07, 6.45) is 1.99. The van der Waals surface area contributed by atoms with Crippen molar-refractivity contribution in [3.63, 3.8) is 0 Å². The first kappa shape index (κ1) is 11.4. The van der Waals surface area contributed by atoms with Crippen LogP contribution in [0.25, 0.3) is 0 Å². The van der Waals surface area contributed by atoms with Crippen molar-refractivity contribution in [3.8, 4) is 5.75 Å². The lowest BCUT2D eigenvalue weighted by Crippen LogP contribution is -2.13. The Balaban J connectivity index is 2.81. The second kappa shape index (κ2) is 5.24. The minimum absolute atomic E-state index is 0.339. The number of rotatable bonds is 5. The molecule has 0 radical (unpaired) electrons. The molecule has 4 nitrogen and oxygen atoms in total.